The lowest BCUT2D eigenvalue weighted by molar-refractivity contribution is -0.137. The fourth-order valence-electron chi connectivity index (χ4n) is 0.374. The maximum absolute atomic E-state index is 10.1. The maximum Gasteiger partial charge on any atom is 0.324 e. The van der Waals surface area contributed by atoms with Crippen LogP contribution < -0.4 is 5.73 Å². The van der Waals surface area contributed by atoms with Gasteiger partial charge in [0.25, 0.3) is 0 Å². The predicted octanol–water partition coefficient (Wildman–Crippen LogP) is 0.365. The van der Waals surface area contributed by atoms with Crippen molar-refractivity contribution < 1.29 is 9.90 Å². The Morgan fingerprint density at radius 1 is 1.78 bits per heavy atom. The summed E-state index contributed by atoms with van der Waals surface area (Å²) < 4.78 is 0. The highest BCUT2D eigenvalue weighted by Crippen LogP contribution is 1.96. The SMILES string of the molecule is C/C=C(\C)C(N)C(=O)O. The fourth-order valence-corrected chi connectivity index (χ4v) is 0.374. The first kappa shape index (κ1) is 8.17. The largest absolute Gasteiger partial charge is 0.480 e. The minimum atomic E-state index is -0.981. The van der Waals surface area contributed by atoms with Gasteiger partial charge in [-0.2, -0.15) is 0 Å². The molecule has 0 aliphatic rings. The summed E-state index contributed by atoms with van der Waals surface area (Å²) in [5.41, 5.74) is 5.89. The van der Waals surface area contributed by atoms with E-state index in [4.69, 9.17) is 10.8 Å². The highest BCUT2D eigenvalue weighted by Gasteiger charge is 2.11. The van der Waals surface area contributed by atoms with Crippen LogP contribution >= 0.6 is 0 Å². The summed E-state index contributed by atoms with van der Waals surface area (Å²) in [5, 5.41) is 8.32. The van der Waals surface area contributed by atoms with Crippen LogP contribution in [0.1, 0.15) is 13.8 Å². The molecular formula is C6H11NO2. The topological polar surface area (TPSA) is 63.3 Å². The van der Waals surface area contributed by atoms with Crippen LogP contribution in [-0.4, -0.2) is 17.1 Å². The van der Waals surface area contributed by atoms with Gasteiger partial charge >= 0.3 is 5.97 Å². The van der Waals surface area contributed by atoms with Crippen molar-refractivity contribution in [1.29, 1.82) is 0 Å². The van der Waals surface area contributed by atoms with Crippen LogP contribution in [-0.2, 0) is 4.79 Å². The van der Waals surface area contributed by atoms with Gasteiger partial charge in [0.15, 0.2) is 0 Å². The molecule has 0 aliphatic carbocycles. The third-order valence-electron chi connectivity index (χ3n) is 1.21. The summed E-state index contributed by atoms with van der Waals surface area (Å²) >= 11 is 0. The number of hydrogen-bond donors (Lipinski definition) is 2. The molecule has 3 nitrogen and oxygen atoms in total. The minimum absolute atomic E-state index is 0.683. The van der Waals surface area contributed by atoms with Gasteiger partial charge in [0.2, 0.25) is 0 Å². The quantitative estimate of drug-likeness (QED) is 0.529. The Balaban J connectivity index is 4.04. The van der Waals surface area contributed by atoms with E-state index >= 15 is 0 Å². The molecule has 0 spiro atoms. The van der Waals surface area contributed by atoms with E-state index in [2.05, 4.69) is 0 Å². The van der Waals surface area contributed by atoms with Gasteiger partial charge in [-0.25, -0.2) is 0 Å². The van der Waals surface area contributed by atoms with E-state index in [1.54, 1.807) is 19.9 Å². The van der Waals surface area contributed by atoms with Crippen molar-refractivity contribution in [2.24, 2.45) is 5.73 Å². The van der Waals surface area contributed by atoms with Crippen molar-refractivity contribution in [1.82, 2.24) is 0 Å². The number of nitrogens with two attached hydrogens (primary N) is 1. The maximum atomic E-state index is 10.1. The van der Waals surface area contributed by atoms with Gasteiger partial charge in [-0.15, -0.1) is 0 Å². The van der Waals surface area contributed by atoms with E-state index in [1.807, 2.05) is 0 Å². The first-order valence-corrected chi connectivity index (χ1v) is 2.70. The lowest BCUT2D eigenvalue weighted by Crippen LogP contribution is -2.30. The number of carbonyl (C=O) groups is 1. The molecule has 0 rings (SSSR count). The van der Waals surface area contributed by atoms with Gasteiger partial charge in [0, 0.05) is 0 Å². The molecule has 0 bridgehead atoms. The van der Waals surface area contributed by atoms with Crippen LogP contribution in [0.2, 0.25) is 0 Å². The van der Waals surface area contributed by atoms with E-state index in [9.17, 15) is 4.79 Å². The molecular weight excluding hydrogens is 118 g/mol. The van der Waals surface area contributed by atoms with Crippen molar-refractivity contribution in [2.75, 3.05) is 0 Å². The Morgan fingerprint density at radius 2 is 2.22 bits per heavy atom. The molecule has 1 atom stereocenters. The van der Waals surface area contributed by atoms with Gasteiger partial charge in [0.1, 0.15) is 6.04 Å². The average Bonchev–Trinajstić information content (AvgIpc) is 1.84. The van der Waals surface area contributed by atoms with E-state index in [0.717, 1.165) is 0 Å². The van der Waals surface area contributed by atoms with Crippen molar-refractivity contribution in [2.45, 2.75) is 19.9 Å². The minimum Gasteiger partial charge on any atom is -0.480 e. The molecule has 0 heterocycles. The first-order chi connectivity index (χ1) is 4.09. The fraction of sp³-hybridized carbons (Fsp3) is 0.500. The second kappa shape index (κ2) is 3.25. The van der Waals surface area contributed by atoms with Crippen LogP contribution in [0.3, 0.4) is 0 Å². The van der Waals surface area contributed by atoms with Crippen LogP contribution in [0.4, 0.5) is 0 Å². The summed E-state index contributed by atoms with van der Waals surface area (Å²) in [6, 6.07) is -0.838. The van der Waals surface area contributed by atoms with Crippen LogP contribution in [0.15, 0.2) is 11.6 Å². The second-order valence-corrected chi connectivity index (χ2v) is 1.85. The summed E-state index contributed by atoms with van der Waals surface area (Å²) in [6.07, 6.45) is 1.69. The zero-order valence-electron chi connectivity index (χ0n) is 5.59. The standard InChI is InChI=1S/C6H11NO2/c1-3-4(2)5(7)6(8)9/h3,5H,7H2,1-2H3,(H,8,9)/b4-3+. The highest BCUT2D eigenvalue weighted by molar-refractivity contribution is 5.76. The van der Waals surface area contributed by atoms with Crippen LogP contribution in [0.5, 0.6) is 0 Å². The van der Waals surface area contributed by atoms with Gasteiger partial charge in [0.05, 0.1) is 0 Å². The molecule has 0 aromatic carbocycles. The molecule has 0 aromatic rings. The third-order valence-corrected chi connectivity index (χ3v) is 1.21. The Morgan fingerprint density at radius 3 is 2.33 bits per heavy atom. The number of carboxylic acids is 1. The average molecular weight is 129 g/mol. The van der Waals surface area contributed by atoms with E-state index < -0.39 is 12.0 Å². The molecule has 0 aliphatic heterocycles. The van der Waals surface area contributed by atoms with Gasteiger partial charge in [-0.1, -0.05) is 6.08 Å². The molecule has 0 saturated carbocycles. The molecule has 3 heteroatoms. The van der Waals surface area contributed by atoms with Gasteiger partial charge < -0.3 is 10.8 Å². The molecule has 0 aromatic heterocycles. The molecule has 0 fully saturated rings. The smallest absolute Gasteiger partial charge is 0.324 e. The number of carboxylic acid groups (broad SMARTS) is 1. The molecule has 0 amide bonds. The van der Waals surface area contributed by atoms with Crippen molar-refractivity contribution in [3.05, 3.63) is 11.6 Å². The Bertz CT molecular complexity index is 140. The lowest BCUT2D eigenvalue weighted by atomic mass is 10.1. The summed E-state index contributed by atoms with van der Waals surface area (Å²) in [5.74, 6) is -0.981. The van der Waals surface area contributed by atoms with Gasteiger partial charge in [-0.3, -0.25) is 4.79 Å². The number of aliphatic carboxylic acids is 1. The van der Waals surface area contributed by atoms with E-state index in [-0.39, 0.29) is 0 Å². The molecule has 52 valence electrons. The van der Waals surface area contributed by atoms with Crippen LogP contribution in [0.25, 0.3) is 0 Å². The van der Waals surface area contributed by atoms with Gasteiger partial charge in [-0.05, 0) is 19.4 Å². The van der Waals surface area contributed by atoms with Crippen molar-refractivity contribution >= 4 is 5.97 Å². The number of rotatable bonds is 2. The van der Waals surface area contributed by atoms with E-state index in [0.29, 0.717) is 5.57 Å². The summed E-state index contributed by atoms with van der Waals surface area (Å²) in [6.45, 7) is 3.46. The Hall–Kier alpha value is -0.830. The number of allylic oxidation sites excluding steroid dienone is 1. The molecule has 1 unspecified atom stereocenters. The van der Waals surface area contributed by atoms with E-state index in [1.165, 1.54) is 0 Å². The predicted molar refractivity (Wildman–Crippen MR) is 35.0 cm³/mol. The molecule has 9 heavy (non-hydrogen) atoms. The highest BCUT2D eigenvalue weighted by atomic mass is 16.4. The Labute approximate surface area is 54.2 Å². The summed E-state index contributed by atoms with van der Waals surface area (Å²) in [7, 11) is 0. The third kappa shape index (κ3) is 2.28. The zero-order valence-corrected chi connectivity index (χ0v) is 5.59. The zero-order chi connectivity index (χ0) is 7.44. The first-order valence-electron chi connectivity index (χ1n) is 2.70. The van der Waals surface area contributed by atoms with Crippen molar-refractivity contribution in [3.63, 3.8) is 0 Å². The Kier molecular flexibility index (Phi) is 2.95. The molecule has 3 N–H and O–H groups in total. The lowest BCUT2D eigenvalue weighted by Gasteiger charge is -2.03. The normalized spacial score (nSPS) is 15.2. The molecule has 0 radical (unpaired) electrons. The monoisotopic (exact) mass is 129 g/mol. The molecule has 0 saturated heterocycles. The van der Waals surface area contributed by atoms with Crippen LogP contribution in [0, 0.1) is 0 Å². The second-order valence-electron chi connectivity index (χ2n) is 1.85. The summed E-state index contributed by atoms with van der Waals surface area (Å²) in [4.78, 5) is 10.1. The number of hydrogen-bond acceptors (Lipinski definition) is 2. The van der Waals surface area contributed by atoms with Crippen molar-refractivity contribution in [3.8, 4) is 0 Å².